The summed E-state index contributed by atoms with van der Waals surface area (Å²) >= 11 is 11.4. The van der Waals surface area contributed by atoms with Crippen molar-refractivity contribution < 1.29 is 14.3 Å². The Labute approximate surface area is 275 Å². The van der Waals surface area contributed by atoms with Crippen LogP contribution < -0.4 is 5.32 Å². The number of morpholine rings is 1. The quantitative estimate of drug-likeness (QED) is 0.180. The summed E-state index contributed by atoms with van der Waals surface area (Å²) in [7, 11) is 0. The van der Waals surface area contributed by atoms with Crippen molar-refractivity contribution in [1.29, 1.82) is 0 Å². The van der Waals surface area contributed by atoms with E-state index in [-0.39, 0.29) is 18.2 Å². The van der Waals surface area contributed by atoms with Crippen LogP contribution in [0.5, 0.6) is 0 Å². The molecule has 3 aromatic carbocycles. The Kier molecular flexibility index (Phi) is 9.68. The molecule has 7 nitrogen and oxygen atoms in total. The Morgan fingerprint density at radius 1 is 1.14 bits per heavy atom. The van der Waals surface area contributed by atoms with Gasteiger partial charge in [0.25, 0.3) is 0 Å². The van der Waals surface area contributed by atoms with Gasteiger partial charge in [-0.25, -0.2) is 0 Å². The van der Waals surface area contributed by atoms with E-state index in [0.29, 0.717) is 18.1 Å². The van der Waals surface area contributed by atoms with E-state index >= 15 is 0 Å². The van der Waals surface area contributed by atoms with E-state index in [1.165, 1.54) is 11.8 Å². The predicted molar refractivity (Wildman–Crippen MR) is 180 cm³/mol. The molecular formula is C34H36BrClN4O3S. The Morgan fingerprint density at radius 3 is 2.70 bits per heavy atom. The molecule has 2 fully saturated rings. The minimum absolute atomic E-state index is 0.0511. The first-order valence-electron chi connectivity index (χ1n) is 15.0. The van der Waals surface area contributed by atoms with Gasteiger partial charge >= 0.3 is 0 Å². The van der Waals surface area contributed by atoms with Gasteiger partial charge < -0.3 is 19.9 Å². The highest BCUT2D eigenvalue weighted by atomic mass is 79.9. The van der Waals surface area contributed by atoms with Gasteiger partial charge in [0.1, 0.15) is 4.75 Å². The monoisotopic (exact) mass is 694 g/mol. The molecule has 0 aliphatic carbocycles. The lowest BCUT2D eigenvalue weighted by atomic mass is 9.91. The minimum atomic E-state index is -1.10. The molecule has 2 atom stereocenters. The number of aromatic nitrogens is 1. The van der Waals surface area contributed by atoms with Crippen LogP contribution in [0.15, 0.2) is 82.3 Å². The summed E-state index contributed by atoms with van der Waals surface area (Å²) < 4.78 is 5.35. The van der Waals surface area contributed by atoms with Gasteiger partial charge in [-0.2, -0.15) is 0 Å². The molecule has 230 valence electrons. The zero-order valence-electron chi connectivity index (χ0n) is 24.7. The van der Waals surface area contributed by atoms with Crippen molar-refractivity contribution in [3.63, 3.8) is 0 Å². The second-order valence-corrected chi connectivity index (χ2v) is 14.3. The summed E-state index contributed by atoms with van der Waals surface area (Å²) in [6, 6.07) is 21.4. The fourth-order valence-corrected chi connectivity index (χ4v) is 8.24. The lowest BCUT2D eigenvalue weighted by Crippen LogP contribution is -2.48. The second kappa shape index (κ2) is 13.7. The third-order valence-electron chi connectivity index (χ3n) is 8.44. The maximum atomic E-state index is 14.6. The van der Waals surface area contributed by atoms with Crippen LogP contribution in [0.2, 0.25) is 5.02 Å². The van der Waals surface area contributed by atoms with Crippen LogP contribution in [-0.4, -0.2) is 70.7 Å². The number of benzene rings is 3. The first-order chi connectivity index (χ1) is 21.3. The molecule has 2 N–H and O–H groups in total. The number of hydrogen-bond acceptors (Lipinski definition) is 5. The molecule has 4 aromatic rings. The fourth-order valence-electron chi connectivity index (χ4n) is 6.26. The summed E-state index contributed by atoms with van der Waals surface area (Å²) in [5, 5.41) is 4.84. The van der Waals surface area contributed by atoms with Gasteiger partial charge in [0.15, 0.2) is 0 Å². The zero-order chi connectivity index (χ0) is 30.7. The van der Waals surface area contributed by atoms with E-state index in [0.717, 1.165) is 76.2 Å². The molecule has 44 heavy (non-hydrogen) atoms. The van der Waals surface area contributed by atoms with Gasteiger partial charge in [0.2, 0.25) is 11.8 Å². The van der Waals surface area contributed by atoms with Crippen molar-refractivity contribution >= 4 is 62.0 Å². The highest BCUT2D eigenvalue weighted by molar-refractivity contribution is 9.10. The lowest BCUT2D eigenvalue weighted by Gasteiger charge is -2.36. The van der Waals surface area contributed by atoms with E-state index in [1.54, 1.807) is 0 Å². The SMILES string of the molecule is Cc1cccc(SC2(C(=O)NCCCN3CCOCC3)CC(=O)N(Cc3ccc(Br)cc3)[C@H]2c2c[nH]c3cc(Cl)ccc23)c1. The highest BCUT2D eigenvalue weighted by Gasteiger charge is 2.58. The molecule has 10 heteroatoms. The summed E-state index contributed by atoms with van der Waals surface area (Å²) in [4.78, 5) is 37.3. The van der Waals surface area contributed by atoms with Crippen LogP contribution in [0.25, 0.3) is 10.9 Å². The maximum absolute atomic E-state index is 14.6. The molecule has 2 saturated heterocycles. The molecule has 0 spiro atoms. The Bertz CT molecular complexity index is 1640. The number of nitrogens with zero attached hydrogens (tertiary/aromatic N) is 2. The molecule has 2 amide bonds. The average Bonchev–Trinajstić information content (AvgIpc) is 3.54. The molecule has 1 unspecified atom stereocenters. The van der Waals surface area contributed by atoms with Gasteiger partial charge in [0.05, 0.1) is 25.7 Å². The number of fused-ring (bicyclic) bond motifs is 1. The highest BCUT2D eigenvalue weighted by Crippen LogP contribution is 2.54. The number of rotatable bonds is 10. The van der Waals surface area contributed by atoms with Gasteiger partial charge in [-0.1, -0.05) is 63.4 Å². The van der Waals surface area contributed by atoms with E-state index in [1.807, 2.05) is 78.7 Å². The van der Waals surface area contributed by atoms with E-state index in [4.69, 9.17) is 16.3 Å². The van der Waals surface area contributed by atoms with E-state index < -0.39 is 10.8 Å². The third-order valence-corrected chi connectivity index (χ3v) is 10.6. The normalized spacial score (nSPS) is 20.8. The number of ether oxygens (including phenoxy) is 1. The Hall–Kier alpha value is -2.82. The number of H-pyrrole nitrogens is 1. The van der Waals surface area contributed by atoms with Crippen molar-refractivity contribution in [2.24, 2.45) is 0 Å². The van der Waals surface area contributed by atoms with Crippen LogP contribution in [0.4, 0.5) is 0 Å². The number of aryl methyl sites for hydroxylation is 1. The van der Waals surface area contributed by atoms with Gasteiger partial charge in [-0.15, -0.1) is 11.8 Å². The molecule has 0 saturated carbocycles. The molecule has 0 bridgehead atoms. The van der Waals surface area contributed by atoms with Crippen molar-refractivity contribution in [3.8, 4) is 0 Å². The first-order valence-corrected chi connectivity index (χ1v) is 17.0. The number of aromatic amines is 1. The smallest absolute Gasteiger partial charge is 0.239 e. The number of hydrogen-bond donors (Lipinski definition) is 2. The maximum Gasteiger partial charge on any atom is 0.239 e. The fraction of sp³-hybridized carbons (Fsp3) is 0.353. The molecule has 2 aliphatic rings. The van der Waals surface area contributed by atoms with Crippen molar-refractivity contribution in [1.82, 2.24) is 20.1 Å². The predicted octanol–water partition coefficient (Wildman–Crippen LogP) is 6.74. The lowest BCUT2D eigenvalue weighted by molar-refractivity contribution is -0.129. The second-order valence-electron chi connectivity index (χ2n) is 11.5. The molecule has 2 aliphatic heterocycles. The van der Waals surface area contributed by atoms with Gasteiger partial charge in [-0.05, 0) is 61.9 Å². The summed E-state index contributed by atoms with van der Waals surface area (Å²) in [6.45, 7) is 7.17. The molecule has 3 heterocycles. The number of nitrogens with one attached hydrogen (secondary N) is 2. The number of carbonyl (C=O) groups excluding carboxylic acids is 2. The number of halogens is 2. The van der Waals surface area contributed by atoms with E-state index in [9.17, 15) is 9.59 Å². The number of carbonyl (C=O) groups is 2. The third kappa shape index (κ3) is 6.72. The van der Waals surface area contributed by atoms with Crippen LogP contribution in [0.3, 0.4) is 0 Å². The van der Waals surface area contributed by atoms with Crippen LogP contribution in [-0.2, 0) is 20.9 Å². The molecule has 0 radical (unpaired) electrons. The standard InChI is InChI=1S/C34H36BrClN4O3S/c1-23-4-2-5-27(18-23)44-34(33(42)37-12-3-13-39-14-16-43-17-15-39)20-31(41)40(22-24-6-8-25(35)9-7-24)32(34)29-21-38-30-19-26(36)10-11-28(29)30/h2,4-11,18-19,21,32,38H,3,12-17,20,22H2,1H3,(H,37,42)/t32-,34?/m0/s1. The summed E-state index contributed by atoms with van der Waals surface area (Å²) in [6.07, 6.45) is 2.85. The van der Waals surface area contributed by atoms with Crippen molar-refractivity contribution in [3.05, 3.63) is 99.1 Å². The molecule has 1 aromatic heterocycles. The first kappa shape index (κ1) is 31.2. The average molecular weight is 696 g/mol. The van der Waals surface area contributed by atoms with Crippen LogP contribution >= 0.6 is 39.3 Å². The zero-order valence-corrected chi connectivity index (χ0v) is 27.8. The molecular weight excluding hydrogens is 660 g/mol. The number of amides is 2. The van der Waals surface area contributed by atoms with Gasteiger partial charge in [0, 0.05) is 63.2 Å². The molecule has 6 rings (SSSR count). The topological polar surface area (TPSA) is 77.7 Å². The summed E-state index contributed by atoms with van der Waals surface area (Å²) in [5.41, 5.74) is 3.88. The Morgan fingerprint density at radius 2 is 1.93 bits per heavy atom. The van der Waals surface area contributed by atoms with Crippen LogP contribution in [0, 0.1) is 6.92 Å². The Balaban J connectivity index is 1.39. The number of thioether (sulfide) groups is 1. The van der Waals surface area contributed by atoms with Crippen molar-refractivity contribution in [2.75, 3.05) is 39.4 Å². The van der Waals surface area contributed by atoms with Crippen LogP contribution in [0.1, 0.15) is 35.6 Å². The number of likely N-dealkylation sites (tertiary alicyclic amines) is 1. The largest absolute Gasteiger partial charge is 0.379 e. The minimum Gasteiger partial charge on any atom is -0.379 e. The van der Waals surface area contributed by atoms with E-state index in [2.05, 4.69) is 37.2 Å². The van der Waals surface area contributed by atoms with Gasteiger partial charge in [-0.3, -0.25) is 14.5 Å². The van der Waals surface area contributed by atoms with Crippen molar-refractivity contribution in [2.45, 2.75) is 42.0 Å². The summed E-state index contributed by atoms with van der Waals surface area (Å²) in [5.74, 6) is -0.171.